The van der Waals surface area contributed by atoms with E-state index in [0.29, 0.717) is 5.56 Å². The van der Waals surface area contributed by atoms with Crippen molar-refractivity contribution in [1.82, 2.24) is 4.98 Å². The number of aromatic nitrogens is 1. The fourth-order valence-electron chi connectivity index (χ4n) is 1.55. The van der Waals surface area contributed by atoms with Crippen LogP contribution in [0.15, 0.2) is 41.0 Å². The van der Waals surface area contributed by atoms with Crippen LogP contribution in [0.25, 0.3) is 21.0 Å². The lowest BCUT2D eigenvalue weighted by Crippen LogP contribution is -1.86. The molecule has 84 valence electrons. The standard InChI is InChI=1S/C12H6ClNO2S/c13-11(15)7-3-4-8-10(6-7)17-12(14-8)9-2-1-5-16-9/h1-6H. The minimum atomic E-state index is -0.458. The number of thiazole rings is 1. The molecule has 0 atom stereocenters. The van der Waals surface area contributed by atoms with Gasteiger partial charge < -0.3 is 4.42 Å². The number of nitrogens with zero attached hydrogens (tertiary/aromatic N) is 1. The summed E-state index contributed by atoms with van der Waals surface area (Å²) in [6, 6.07) is 8.87. The van der Waals surface area contributed by atoms with Crippen molar-refractivity contribution < 1.29 is 9.21 Å². The lowest BCUT2D eigenvalue weighted by Gasteiger charge is -1.91. The molecular formula is C12H6ClNO2S. The predicted molar refractivity (Wildman–Crippen MR) is 67.5 cm³/mol. The monoisotopic (exact) mass is 263 g/mol. The highest BCUT2D eigenvalue weighted by molar-refractivity contribution is 7.21. The second kappa shape index (κ2) is 3.98. The van der Waals surface area contributed by atoms with Crippen LogP contribution < -0.4 is 0 Å². The Balaban J connectivity index is 2.16. The number of rotatable bonds is 2. The van der Waals surface area contributed by atoms with E-state index in [1.165, 1.54) is 11.3 Å². The van der Waals surface area contributed by atoms with E-state index >= 15 is 0 Å². The maximum absolute atomic E-state index is 11.1. The van der Waals surface area contributed by atoms with Crippen LogP contribution in [0.5, 0.6) is 0 Å². The summed E-state index contributed by atoms with van der Waals surface area (Å²) >= 11 is 6.91. The lowest BCUT2D eigenvalue weighted by atomic mass is 10.2. The van der Waals surface area contributed by atoms with Crippen LogP contribution in [0.1, 0.15) is 10.4 Å². The van der Waals surface area contributed by atoms with Crippen LogP contribution in [-0.4, -0.2) is 10.2 Å². The Morgan fingerprint density at radius 1 is 1.35 bits per heavy atom. The van der Waals surface area contributed by atoms with Crippen molar-refractivity contribution >= 4 is 38.4 Å². The van der Waals surface area contributed by atoms with E-state index in [-0.39, 0.29) is 0 Å². The first kappa shape index (κ1) is 10.5. The number of benzene rings is 1. The number of hydrogen-bond acceptors (Lipinski definition) is 4. The molecule has 17 heavy (non-hydrogen) atoms. The number of furan rings is 1. The Labute approximate surface area is 106 Å². The molecule has 0 unspecified atom stereocenters. The highest BCUT2D eigenvalue weighted by Gasteiger charge is 2.10. The third-order valence-corrected chi connectivity index (χ3v) is 3.60. The van der Waals surface area contributed by atoms with E-state index in [9.17, 15) is 4.79 Å². The average molecular weight is 264 g/mol. The molecule has 1 aromatic carbocycles. The molecule has 3 rings (SSSR count). The van der Waals surface area contributed by atoms with E-state index in [2.05, 4.69) is 4.98 Å². The van der Waals surface area contributed by atoms with Gasteiger partial charge in [0.05, 0.1) is 16.5 Å². The third-order valence-electron chi connectivity index (χ3n) is 2.35. The molecule has 0 N–H and O–H groups in total. The van der Waals surface area contributed by atoms with E-state index in [1.54, 1.807) is 24.5 Å². The Hall–Kier alpha value is -1.65. The normalized spacial score (nSPS) is 10.9. The van der Waals surface area contributed by atoms with Crippen molar-refractivity contribution in [3.63, 3.8) is 0 Å². The molecule has 0 fully saturated rings. The fourth-order valence-corrected chi connectivity index (χ4v) is 2.64. The van der Waals surface area contributed by atoms with Crippen molar-refractivity contribution in [1.29, 1.82) is 0 Å². The molecule has 0 aliphatic carbocycles. The van der Waals surface area contributed by atoms with Gasteiger partial charge in [0, 0.05) is 5.56 Å². The summed E-state index contributed by atoms with van der Waals surface area (Å²) in [7, 11) is 0. The third kappa shape index (κ3) is 1.85. The molecule has 3 aromatic rings. The fraction of sp³-hybridized carbons (Fsp3) is 0. The number of hydrogen-bond donors (Lipinski definition) is 0. The Kier molecular flexibility index (Phi) is 2.46. The van der Waals surface area contributed by atoms with Crippen LogP contribution in [0, 0.1) is 0 Å². The molecule has 0 saturated heterocycles. The van der Waals surface area contributed by atoms with Crippen molar-refractivity contribution in [3.8, 4) is 10.8 Å². The quantitative estimate of drug-likeness (QED) is 0.658. The minimum absolute atomic E-state index is 0.458. The van der Waals surface area contributed by atoms with Gasteiger partial charge in [-0.15, -0.1) is 11.3 Å². The van der Waals surface area contributed by atoms with Gasteiger partial charge in [-0.05, 0) is 41.9 Å². The van der Waals surface area contributed by atoms with Crippen molar-refractivity contribution in [3.05, 3.63) is 42.2 Å². The Morgan fingerprint density at radius 3 is 2.94 bits per heavy atom. The number of halogens is 1. The highest BCUT2D eigenvalue weighted by atomic mass is 35.5. The number of carbonyl (C=O) groups is 1. The van der Waals surface area contributed by atoms with Crippen molar-refractivity contribution in [2.45, 2.75) is 0 Å². The van der Waals surface area contributed by atoms with Crippen LogP contribution >= 0.6 is 22.9 Å². The maximum Gasteiger partial charge on any atom is 0.252 e. The zero-order valence-corrected chi connectivity index (χ0v) is 10.1. The van der Waals surface area contributed by atoms with E-state index in [4.69, 9.17) is 16.0 Å². The topological polar surface area (TPSA) is 43.1 Å². The Bertz CT molecular complexity index is 688. The second-order valence-electron chi connectivity index (χ2n) is 3.45. The van der Waals surface area contributed by atoms with Crippen LogP contribution in [0.4, 0.5) is 0 Å². The first-order valence-electron chi connectivity index (χ1n) is 4.88. The molecule has 0 aliphatic heterocycles. The summed E-state index contributed by atoms with van der Waals surface area (Å²) < 4.78 is 6.20. The molecule has 0 spiro atoms. The van der Waals surface area contributed by atoms with Crippen molar-refractivity contribution in [2.75, 3.05) is 0 Å². The zero-order valence-electron chi connectivity index (χ0n) is 8.51. The lowest BCUT2D eigenvalue weighted by molar-refractivity contribution is 0.108. The summed E-state index contributed by atoms with van der Waals surface area (Å²) in [5, 5.41) is 0.337. The van der Waals surface area contributed by atoms with Gasteiger partial charge in [-0.2, -0.15) is 0 Å². The molecule has 5 heteroatoms. The molecular weight excluding hydrogens is 258 g/mol. The summed E-state index contributed by atoms with van der Waals surface area (Å²) in [5.74, 6) is 0.727. The van der Waals surface area contributed by atoms with Gasteiger partial charge in [0.15, 0.2) is 10.8 Å². The second-order valence-corrected chi connectivity index (χ2v) is 4.83. The summed E-state index contributed by atoms with van der Waals surface area (Å²) in [6.07, 6.45) is 1.61. The average Bonchev–Trinajstić information content (AvgIpc) is 2.96. The molecule has 0 bridgehead atoms. The van der Waals surface area contributed by atoms with E-state index < -0.39 is 5.24 Å². The largest absolute Gasteiger partial charge is 0.462 e. The van der Waals surface area contributed by atoms with E-state index in [1.807, 2.05) is 12.1 Å². The molecule has 2 aromatic heterocycles. The minimum Gasteiger partial charge on any atom is -0.462 e. The first-order chi connectivity index (χ1) is 8.24. The smallest absolute Gasteiger partial charge is 0.252 e. The molecule has 0 radical (unpaired) electrons. The van der Waals surface area contributed by atoms with Crippen LogP contribution in [-0.2, 0) is 0 Å². The molecule has 0 aliphatic rings. The SMILES string of the molecule is O=C(Cl)c1ccc2nc(-c3ccco3)sc2c1. The van der Waals surface area contributed by atoms with Gasteiger partial charge in [-0.3, -0.25) is 4.79 Å². The molecule has 0 saturated carbocycles. The first-order valence-corrected chi connectivity index (χ1v) is 6.08. The highest BCUT2D eigenvalue weighted by Crippen LogP contribution is 2.31. The van der Waals surface area contributed by atoms with Crippen LogP contribution in [0.2, 0.25) is 0 Å². The Morgan fingerprint density at radius 2 is 2.24 bits per heavy atom. The van der Waals surface area contributed by atoms with Gasteiger partial charge in [-0.1, -0.05) is 0 Å². The van der Waals surface area contributed by atoms with Gasteiger partial charge in [0.2, 0.25) is 0 Å². The molecule has 2 heterocycles. The number of carbonyl (C=O) groups excluding carboxylic acids is 1. The van der Waals surface area contributed by atoms with Gasteiger partial charge >= 0.3 is 0 Å². The van der Waals surface area contributed by atoms with Crippen LogP contribution in [0.3, 0.4) is 0 Å². The van der Waals surface area contributed by atoms with Gasteiger partial charge in [-0.25, -0.2) is 4.98 Å². The van der Waals surface area contributed by atoms with Gasteiger partial charge in [0.1, 0.15) is 0 Å². The maximum atomic E-state index is 11.1. The molecule has 3 nitrogen and oxygen atoms in total. The number of fused-ring (bicyclic) bond motifs is 1. The predicted octanol–water partition coefficient (Wildman–Crippen LogP) is 3.94. The van der Waals surface area contributed by atoms with E-state index in [0.717, 1.165) is 21.0 Å². The summed E-state index contributed by atoms with van der Waals surface area (Å²) in [5.41, 5.74) is 1.32. The van der Waals surface area contributed by atoms with Gasteiger partial charge in [0.25, 0.3) is 5.24 Å². The zero-order chi connectivity index (χ0) is 11.8. The summed E-state index contributed by atoms with van der Waals surface area (Å²) in [6.45, 7) is 0. The molecule has 0 amide bonds. The summed E-state index contributed by atoms with van der Waals surface area (Å²) in [4.78, 5) is 15.5. The van der Waals surface area contributed by atoms with Crippen molar-refractivity contribution in [2.24, 2.45) is 0 Å².